The van der Waals surface area contributed by atoms with Crippen LogP contribution in [0.15, 0.2) is 0 Å². The van der Waals surface area contributed by atoms with Crippen LogP contribution < -0.4 is 0 Å². The molecule has 0 saturated carbocycles. The summed E-state index contributed by atoms with van der Waals surface area (Å²) in [5, 5.41) is 0. The Kier molecular flexibility index (Phi) is 2.21. The summed E-state index contributed by atoms with van der Waals surface area (Å²) in [7, 11) is 0. The highest BCUT2D eigenvalue weighted by Crippen LogP contribution is 2.33. The minimum absolute atomic E-state index is 0.0570. The topological polar surface area (TPSA) is 52.6 Å². The third-order valence-electron chi connectivity index (χ3n) is 2.85. The molecule has 78 valence electrons. The number of ether oxygens (including phenoxy) is 2. The smallest absolute Gasteiger partial charge is 0.306 e. The zero-order valence-corrected chi connectivity index (χ0v) is 8.25. The molecule has 0 aromatic rings. The van der Waals surface area contributed by atoms with Crippen LogP contribution in [0.1, 0.15) is 39.0 Å². The zero-order chi connectivity index (χ0) is 10.2. The average Bonchev–Trinajstić information content (AvgIpc) is 2.60. The van der Waals surface area contributed by atoms with Gasteiger partial charge in [-0.15, -0.1) is 0 Å². The van der Waals surface area contributed by atoms with Gasteiger partial charge in [0.1, 0.15) is 11.7 Å². The fourth-order valence-electron chi connectivity index (χ4n) is 2.10. The molecule has 2 saturated heterocycles. The number of hydrogen-bond donors (Lipinski definition) is 0. The van der Waals surface area contributed by atoms with Gasteiger partial charge in [-0.1, -0.05) is 0 Å². The Bertz CT molecular complexity index is 273. The molecule has 14 heavy (non-hydrogen) atoms. The van der Waals surface area contributed by atoms with Gasteiger partial charge in [-0.05, 0) is 19.8 Å². The first-order valence-corrected chi connectivity index (χ1v) is 4.99. The fraction of sp³-hybridized carbons (Fsp3) is 0.800. The Morgan fingerprint density at radius 3 is 2.64 bits per heavy atom. The van der Waals surface area contributed by atoms with Crippen LogP contribution in [0, 0.1) is 0 Å². The third kappa shape index (κ3) is 1.89. The molecule has 4 heteroatoms. The second-order valence-electron chi connectivity index (χ2n) is 4.28. The lowest BCUT2D eigenvalue weighted by Gasteiger charge is -2.24. The number of carbonyl (C=O) groups is 2. The van der Waals surface area contributed by atoms with Gasteiger partial charge in [0.2, 0.25) is 0 Å². The van der Waals surface area contributed by atoms with Gasteiger partial charge in [0, 0.05) is 19.3 Å². The van der Waals surface area contributed by atoms with Crippen LogP contribution in [0.2, 0.25) is 0 Å². The standard InChI is InChI=1S/C10H14O4/c1-10(5-4-9(12)14-10)6-7-2-3-8(11)13-7/h7H,2-6H2,1H3. The second kappa shape index (κ2) is 3.26. The van der Waals surface area contributed by atoms with Gasteiger partial charge in [0.15, 0.2) is 0 Å². The Balaban J connectivity index is 1.90. The van der Waals surface area contributed by atoms with E-state index in [-0.39, 0.29) is 18.0 Å². The molecule has 0 aliphatic carbocycles. The first-order valence-electron chi connectivity index (χ1n) is 4.99. The summed E-state index contributed by atoms with van der Waals surface area (Å²) < 4.78 is 10.3. The highest BCUT2D eigenvalue weighted by atomic mass is 16.6. The highest BCUT2D eigenvalue weighted by Gasteiger charge is 2.40. The van der Waals surface area contributed by atoms with E-state index in [1.165, 1.54) is 0 Å². The molecule has 2 unspecified atom stereocenters. The quantitative estimate of drug-likeness (QED) is 0.625. The van der Waals surface area contributed by atoms with Gasteiger partial charge in [-0.2, -0.15) is 0 Å². The van der Waals surface area contributed by atoms with Crippen LogP contribution in [-0.2, 0) is 19.1 Å². The van der Waals surface area contributed by atoms with Crippen molar-refractivity contribution in [1.29, 1.82) is 0 Å². The van der Waals surface area contributed by atoms with Crippen molar-refractivity contribution < 1.29 is 19.1 Å². The molecule has 0 radical (unpaired) electrons. The van der Waals surface area contributed by atoms with Gasteiger partial charge in [-0.25, -0.2) is 0 Å². The number of rotatable bonds is 2. The molecular weight excluding hydrogens is 184 g/mol. The van der Waals surface area contributed by atoms with E-state index in [4.69, 9.17) is 9.47 Å². The van der Waals surface area contributed by atoms with Crippen LogP contribution in [0.25, 0.3) is 0 Å². The van der Waals surface area contributed by atoms with Crippen LogP contribution in [0.4, 0.5) is 0 Å². The summed E-state index contributed by atoms with van der Waals surface area (Å²) in [4.78, 5) is 21.8. The fourth-order valence-corrected chi connectivity index (χ4v) is 2.10. The average molecular weight is 198 g/mol. The summed E-state index contributed by atoms with van der Waals surface area (Å²) >= 11 is 0. The molecule has 2 aliphatic rings. The molecule has 2 rings (SSSR count). The maximum Gasteiger partial charge on any atom is 0.306 e. The van der Waals surface area contributed by atoms with E-state index >= 15 is 0 Å². The Morgan fingerprint density at radius 2 is 2.14 bits per heavy atom. The van der Waals surface area contributed by atoms with Crippen LogP contribution in [-0.4, -0.2) is 23.6 Å². The largest absolute Gasteiger partial charge is 0.462 e. The molecule has 0 amide bonds. The normalized spacial score (nSPS) is 37.1. The first-order chi connectivity index (χ1) is 6.57. The molecule has 2 heterocycles. The number of hydrogen-bond acceptors (Lipinski definition) is 4. The SMILES string of the molecule is CC1(CC2CCC(=O)O2)CCC(=O)O1. The lowest BCUT2D eigenvalue weighted by atomic mass is 9.94. The lowest BCUT2D eigenvalue weighted by Crippen LogP contribution is -2.29. The first kappa shape index (κ1) is 9.49. The lowest BCUT2D eigenvalue weighted by molar-refractivity contribution is -0.151. The summed E-state index contributed by atoms with van der Waals surface area (Å²) in [6.45, 7) is 1.91. The Hall–Kier alpha value is -1.06. The van der Waals surface area contributed by atoms with Gasteiger partial charge in [0.05, 0.1) is 0 Å². The second-order valence-corrected chi connectivity index (χ2v) is 4.28. The van der Waals surface area contributed by atoms with E-state index < -0.39 is 5.60 Å². The number of carbonyl (C=O) groups excluding carboxylic acids is 2. The van der Waals surface area contributed by atoms with Crippen LogP contribution in [0.5, 0.6) is 0 Å². The highest BCUT2D eigenvalue weighted by molar-refractivity contribution is 5.72. The third-order valence-corrected chi connectivity index (χ3v) is 2.85. The summed E-state index contributed by atoms with van der Waals surface area (Å²) in [6.07, 6.45) is 3.06. The molecule has 2 aliphatic heterocycles. The maximum absolute atomic E-state index is 11.0. The monoisotopic (exact) mass is 198 g/mol. The van der Waals surface area contributed by atoms with Crippen LogP contribution >= 0.6 is 0 Å². The van der Waals surface area contributed by atoms with Crippen molar-refractivity contribution in [2.45, 2.75) is 50.7 Å². The summed E-state index contributed by atoms with van der Waals surface area (Å²) in [5.74, 6) is -0.278. The molecule has 0 aromatic heterocycles. The van der Waals surface area contributed by atoms with Gasteiger partial charge < -0.3 is 9.47 Å². The predicted molar refractivity (Wildman–Crippen MR) is 47.5 cm³/mol. The van der Waals surface area contributed by atoms with Crippen LogP contribution in [0.3, 0.4) is 0 Å². The molecule has 0 N–H and O–H groups in total. The predicted octanol–water partition coefficient (Wildman–Crippen LogP) is 1.18. The van der Waals surface area contributed by atoms with Crippen molar-refractivity contribution in [3.63, 3.8) is 0 Å². The Morgan fingerprint density at radius 1 is 1.36 bits per heavy atom. The molecule has 2 fully saturated rings. The minimum Gasteiger partial charge on any atom is -0.462 e. The Labute approximate surface area is 82.6 Å². The summed E-state index contributed by atoms with van der Waals surface area (Å²) in [5.41, 5.74) is -0.410. The molecule has 2 atom stereocenters. The summed E-state index contributed by atoms with van der Waals surface area (Å²) in [6, 6.07) is 0. The van der Waals surface area contributed by atoms with E-state index in [0.717, 1.165) is 12.8 Å². The zero-order valence-electron chi connectivity index (χ0n) is 8.25. The van der Waals surface area contributed by atoms with E-state index in [0.29, 0.717) is 19.3 Å². The molecule has 0 spiro atoms. The maximum atomic E-state index is 11.0. The molecule has 0 aromatic carbocycles. The number of esters is 2. The number of cyclic esters (lactones) is 2. The molecule has 0 bridgehead atoms. The van der Waals surface area contributed by atoms with E-state index in [1.807, 2.05) is 6.92 Å². The van der Waals surface area contributed by atoms with Crippen molar-refractivity contribution in [2.24, 2.45) is 0 Å². The van der Waals surface area contributed by atoms with Gasteiger partial charge in [-0.3, -0.25) is 9.59 Å². The van der Waals surface area contributed by atoms with Gasteiger partial charge >= 0.3 is 11.9 Å². The van der Waals surface area contributed by atoms with Crippen molar-refractivity contribution in [3.8, 4) is 0 Å². The molecule has 4 nitrogen and oxygen atoms in total. The minimum atomic E-state index is -0.410. The van der Waals surface area contributed by atoms with Gasteiger partial charge in [0.25, 0.3) is 0 Å². The van der Waals surface area contributed by atoms with Crippen molar-refractivity contribution >= 4 is 11.9 Å². The van der Waals surface area contributed by atoms with E-state index in [1.54, 1.807) is 0 Å². The van der Waals surface area contributed by atoms with Crippen molar-refractivity contribution in [1.82, 2.24) is 0 Å². The molecular formula is C10H14O4. The van der Waals surface area contributed by atoms with E-state index in [9.17, 15) is 9.59 Å². The van der Waals surface area contributed by atoms with E-state index in [2.05, 4.69) is 0 Å². The van der Waals surface area contributed by atoms with Crippen molar-refractivity contribution in [3.05, 3.63) is 0 Å². The van der Waals surface area contributed by atoms with Crippen molar-refractivity contribution in [2.75, 3.05) is 0 Å².